The number of carbonyl (C=O) groups is 1. The number of likely N-dealkylation sites (N-methyl/N-ethyl adjacent to an activating group) is 1. The Kier molecular flexibility index (Phi) is 6.29. The van der Waals surface area contributed by atoms with Crippen molar-refractivity contribution in [2.45, 2.75) is 19.9 Å². The molecule has 0 bridgehead atoms. The Labute approximate surface area is 161 Å². The molecule has 0 saturated carbocycles. The number of anilines is 2. The number of hydrogen-bond acceptors (Lipinski definition) is 4. The number of urea groups is 1. The number of carbonyl (C=O) groups excluding carboxylic acids is 1. The lowest BCUT2D eigenvalue weighted by atomic mass is 10.0. The molecule has 2 amide bonds. The molecule has 6 heteroatoms. The van der Waals surface area contributed by atoms with Crippen LogP contribution in [0.1, 0.15) is 25.5 Å². The number of aromatic nitrogens is 1. The van der Waals surface area contributed by atoms with Crippen LogP contribution in [0.5, 0.6) is 0 Å². The van der Waals surface area contributed by atoms with E-state index in [-0.39, 0.29) is 12.1 Å². The van der Waals surface area contributed by atoms with Crippen molar-refractivity contribution < 1.29 is 4.79 Å². The Bertz CT molecular complexity index is 730. The quantitative estimate of drug-likeness (QED) is 0.879. The third-order valence-corrected chi connectivity index (χ3v) is 5.12. The van der Waals surface area contributed by atoms with Gasteiger partial charge < -0.3 is 20.0 Å². The second-order valence-corrected chi connectivity index (χ2v) is 6.89. The SMILES string of the molecule is CCN(CC)c1ccc(NC(=O)N2CCN(C)C[C@@H]2c2ccccc2)cn1. The summed E-state index contributed by atoms with van der Waals surface area (Å²) in [6.45, 7) is 8.44. The molecule has 0 unspecified atom stereocenters. The molecule has 0 aliphatic carbocycles. The molecular weight excluding hydrogens is 338 g/mol. The molecule has 1 N–H and O–H groups in total. The van der Waals surface area contributed by atoms with E-state index >= 15 is 0 Å². The second kappa shape index (κ2) is 8.86. The Morgan fingerprint density at radius 2 is 1.89 bits per heavy atom. The second-order valence-electron chi connectivity index (χ2n) is 6.89. The van der Waals surface area contributed by atoms with E-state index in [9.17, 15) is 4.79 Å². The van der Waals surface area contributed by atoms with Gasteiger partial charge in [-0.25, -0.2) is 9.78 Å². The topological polar surface area (TPSA) is 51.7 Å². The first-order valence-corrected chi connectivity index (χ1v) is 9.64. The van der Waals surface area contributed by atoms with Gasteiger partial charge in [0.25, 0.3) is 0 Å². The summed E-state index contributed by atoms with van der Waals surface area (Å²) in [5, 5.41) is 3.02. The Hall–Kier alpha value is -2.60. The number of piperazine rings is 1. The number of nitrogens with zero attached hydrogens (tertiary/aromatic N) is 4. The van der Waals surface area contributed by atoms with Gasteiger partial charge in [0.15, 0.2) is 0 Å². The van der Waals surface area contributed by atoms with Crippen LogP contribution in [0.15, 0.2) is 48.7 Å². The molecule has 0 radical (unpaired) electrons. The summed E-state index contributed by atoms with van der Waals surface area (Å²) in [5.41, 5.74) is 1.89. The highest BCUT2D eigenvalue weighted by Crippen LogP contribution is 2.25. The van der Waals surface area contributed by atoms with Crippen LogP contribution in [-0.2, 0) is 0 Å². The highest BCUT2D eigenvalue weighted by atomic mass is 16.2. The summed E-state index contributed by atoms with van der Waals surface area (Å²) in [5.74, 6) is 0.930. The van der Waals surface area contributed by atoms with E-state index in [0.29, 0.717) is 6.54 Å². The Morgan fingerprint density at radius 1 is 1.15 bits per heavy atom. The first-order chi connectivity index (χ1) is 13.1. The maximum absolute atomic E-state index is 12.9. The van der Waals surface area contributed by atoms with E-state index in [0.717, 1.165) is 43.2 Å². The van der Waals surface area contributed by atoms with Gasteiger partial charge in [-0.2, -0.15) is 0 Å². The molecule has 2 heterocycles. The molecule has 6 nitrogen and oxygen atoms in total. The van der Waals surface area contributed by atoms with Gasteiger partial charge >= 0.3 is 6.03 Å². The fourth-order valence-corrected chi connectivity index (χ4v) is 3.51. The van der Waals surface area contributed by atoms with Crippen molar-refractivity contribution in [3.05, 3.63) is 54.2 Å². The minimum Gasteiger partial charge on any atom is -0.357 e. The monoisotopic (exact) mass is 367 g/mol. The lowest BCUT2D eigenvalue weighted by molar-refractivity contribution is 0.116. The van der Waals surface area contributed by atoms with Crippen molar-refractivity contribution in [3.63, 3.8) is 0 Å². The lowest BCUT2D eigenvalue weighted by Crippen LogP contribution is -2.50. The zero-order valence-electron chi connectivity index (χ0n) is 16.4. The van der Waals surface area contributed by atoms with Gasteiger partial charge in [-0.3, -0.25) is 0 Å². The molecule has 2 aromatic rings. The first-order valence-electron chi connectivity index (χ1n) is 9.64. The Balaban J connectivity index is 1.72. The summed E-state index contributed by atoms with van der Waals surface area (Å²) in [6, 6.07) is 14.1. The number of benzene rings is 1. The average molecular weight is 367 g/mol. The van der Waals surface area contributed by atoms with Gasteiger partial charge in [-0.1, -0.05) is 30.3 Å². The van der Waals surface area contributed by atoms with E-state index in [2.05, 4.69) is 53.1 Å². The predicted molar refractivity (Wildman–Crippen MR) is 110 cm³/mol. The van der Waals surface area contributed by atoms with Crippen molar-refractivity contribution in [1.82, 2.24) is 14.8 Å². The van der Waals surface area contributed by atoms with Gasteiger partial charge in [0.1, 0.15) is 5.82 Å². The fraction of sp³-hybridized carbons (Fsp3) is 0.429. The van der Waals surface area contributed by atoms with Crippen LogP contribution in [0.3, 0.4) is 0 Å². The maximum Gasteiger partial charge on any atom is 0.322 e. The summed E-state index contributed by atoms with van der Waals surface area (Å²) < 4.78 is 0. The van der Waals surface area contributed by atoms with Crippen molar-refractivity contribution in [3.8, 4) is 0 Å². The standard InChI is InChI=1S/C21H29N5O/c1-4-25(5-2)20-12-11-18(15-22-20)23-21(27)26-14-13-24(3)16-19(26)17-9-7-6-8-10-17/h6-12,15,19H,4-5,13-14,16H2,1-3H3,(H,23,27)/t19-/m1/s1. The van der Waals surface area contributed by atoms with Crippen LogP contribution in [0.2, 0.25) is 0 Å². The minimum atomic E-state index is -0.0747. The molecule has 27 heavy (non-hydrogen) atoms. The van der Waals surface area contributed by atoms with E-state index in [1.54, 1.807) is 6.20 Å². The molecule has 1 saturated heterocycles. The van der Waals surface area contributed by atoms with Crippen molar-refractivity contribution in [2.75, 3.05) is 50.0 Å². The molecule has 1 atom stereocenters. The van der Waals surface area contributed by atoms with E-state index < -0.39 is 0 Å². The average Bonchev–Trinajstić information content (AvgIpc) is 2.70. The van der Waals surface area contributed by atoms with Gasteiger partial charge in [-0.05, 0) is 38.6 Å². The third kappa shape index (κ3) is 4.57. The lowest BCUT2D eigenvalue weighted by Gasteiger charge is -2.40. The molecule has 1 fully saturated rings. The summed E-state index contributed by atoms with van der Waals surface area (Å²) >= 11 is 0. The molecule has 144 valence electrons. The highest BCUT2D eigenvalue weighted by Gasteiger charge is 2.30. The van der Waals surface area contributed by atoms with Gasteiger partial charge in [0.05, 0.1) is 17.9 Å². The van der Waals surface area contributed by atoms with E-state index in [1.165, 1.54) is 0 Å². The summed E-state index contributed by atoms with van der Waals surface area (Å²) in [6.07, 6.45) is 1.74. The fourth-order valence-electron chi connectivity index (χ4n) is 3.51. The Morgan fingerprint density at radius 3 is 2.52 bits per heavy atom. The van der Waals surface area contributed by atoms with Crippen LogP contribution >= 0.6 is 0 Å². The summed E-state index contributed by atoms with van der Waals surface area (Å²) in [4.78, 5) is 23.8. The van der Waals surface area contributed by atoms with Gasteiger partial charge in [0, 0.05) is 32.7 Å². The van der Waals surface area contributed by atoms with E-state index in [4.69, 9.17) is 0 Å². The largest absolute Gasteiger partial charge is 0.357 e. The van der Waals surface area contributed by atoms with Gasteiger partial charge in [-0.15, -0.1) is 0 Å². The van der Waals surface area contributed by atoms with Crippen molar-refractivity contribution in [2.24, 2.45) is 0 Å². The molecule has 3 rings (SSSR count). The van der Waals surface area contributed by atoms with Crippen molar-refractivity contribution in [1.29, 1.82) is 0 Å². The molecule has 1 aromatic heterocycles. The van der Waals surface area contributed by atoms with Crippen LogP contribution in [0.4, 0.5) is 16.3 Å². The number of amides is 2. The molecule has 1 aliphatic heterocycles. The number of nitrogens with one attached hydrogen (secondary N) is 1. The number of pyridine rings is 1. The smallest absolute Gasteiger partial charge is 0.322 e. The zero-order chi connectivity index (χ0) is 19.2. The molecular formula is C21H29N5O. The van der Waals surface area contributed by atoms with Crippen LogP contribution in [0.25, 0.3) is 0 Å². The molecule has 1 aliphatic rings. The number of hydrogen-bond donors (Lipinski definition) is 1. The normalized spacial score (nSPS) is 17.6. The van der Waals surface area contributed by atoms with Crippen molar-refractivity contribution >= 4 is 17.5 Å². The summed E-state index contributed by atoms with van der Waals surface area (Å²) in [7, 11) is 2.10. The first kappa shape index (κ1) is 19.2. The van der Waals surface area contributed by atoms with E-state index in [1.807, 2.05) is 35.2 Å². The highest BCUT2D eigenvalue weighted by molar-refractivity contribution is 5.89. The maximum atomic E-state index is 12.9. The molecule has 0 spiro atoms. The van der Waals surface area contributed by atoms with Gasteiger partial charge in [0.2, 0.25) is 0 Å². The number of rotatable bonds is 5. The van der Waals surface area contributed by atoms with Crippen LogP contribution < -0.4 is 10.2 Å². The third-order valence-electron chi connectivity index (χ3n) is 5.12. The predicted octanol–water partition coefficient (Wildman–Crippen LogP) is 3.45. The zero-order valence-corrected chi connectivity index (χ0v) is 16.4. The van der Waals surface area contributed by atoms with Crippen LogP contribution in [0, 0.1) is 0 Å². The molecule has 1 aromatic carbocycles. The van der Waals surface area contributed by atoms with Crippen LogP contribution in [-0.4, -0.2) is 60.6 Å². The minimum absolute atomic E-state index is 0.0489.